The van der Waals surface area contributed by atoms with Crippen LogP contribution in [0.2, 0.25) is 0 Å². The van der Waals surface area contributed by atoms with Gasteiger partial charge in [-0.1, -0.05) is 31.9 Å². The fraction of sp³-hybridized carbons (Fsp3) is 0.667. The zero-order chi connectivity index (χ0) is 19.4. The monoisotopic (exact) mass is 370 g/mol. The number of benzene rings is 1. The quantitative estimate of drug-likeness (QED) is 0.739. The fourth-order valence-corrected chi connectivity index (χ4v) is 3.99. The summed E-state index contributed by atoms with van der Waals surface area (Å²) in [5, 5.41) is 12.6. The molecule has 1 aliphatic heterocycles. The second kappa shape index (κ2) is 8.83. The summed E-state index contributed by atoms with van der Waals surface area (Å²) >= 11 is 0. The van der Waals surface area contributed by atoms with Crippen LogP contribution < -0.4 is 4.90 Å². The molecule has 1 fully saturated rings. The van der Waals surface area contributed by atoms with Gasteiger partial charge < -0.3 is 4.90 Å². The van der Waals surface area contributed by atoms with Crippen LogP contribution >= 0.6 is 0 Å². The lowest BCUT2D eigenvalue weighted by atomic mass is 10.0. The van der Waals surface area contributed by atoms with Gasteiger partial charge in [-0.05, 0) is 61.7 Å². The number of nitrogens with zero attached hydrogens (tertiary/aromatic N) is 6. The van der Waals surface area contributed by atoms with Gasteiger partial charge in [0.1, 0.15) is 0 Å². The van der Waals surface area contributed by atoms with Crippen LogP contribution in [0.25, 0.3) is 0 Å². The van der Waals surface area contributed by atoms with Crippen molar-refractivity contribution >= 4 is 5.69 Å². The predicted molar refractivity (Wildman–Crippen MR) is 110 cm³/mol. The van der Waals surface area contributed by atoms with Crippen molar-refractivity contribution in [3.8, 4) is 0 Å². The molecular formula is C21H34N6. The highest BCUT2D eigenvalue weighted by Gasteiger charge is 2.29. The molecule has 6 heteroatoms. The molecule has 2 aromatic rings. The molecule has 0 amide bonds. The van der Waals surface area contributed by atoms with E-state index in [0.29, 0.717) is 6.04 Å². The van der Waals surface area contributed by atoms with Crippen molar-refractivity contribution in [1.29, 1.82) is 0 Å². The van der Waals surface area contributed by atoms with E-state index < -0.39 is 0 Å². The maximum absolute atomic E-state index is 4.42. The normalized spacial score (nSPS) is 16.9. The van der Waals surface area contributed by atoms with Crippen LogP contribution in [0.3, 0.4) is 0 Å². The van der Waals surface area contributed by atoms with Gasteiger partial charge in [0.2, 0.25) is 0 Å². The second-order valence-corrected chi connectivity index (χ2v) is 8.05. The van der Waals surface area contributed by atoms with E-state index in [1.807, 2.05) is 4.68 Å². The number of aryl methyl sites for hydroxylation is 2. The van der Waals surface area contributed by atoms with Crippen LogP contribution in [0.4, 0.5) is 5.69 Å². The lowest BCUT2D eigenvalue weighted by Gasteiger charge is -2.40. The summed E-state index contributed by atoms with van der Waals surface area (Å²) in [4.78, 5) is 5.11. The second-order valence-electron chi connectivity index (χ2n) is 8.05. The highest BCUT2D eigenvalue weighted by molar-refractivity contribution is 5.55. The Morgan fingerprint density at radius 2 is 1.81 bits per heavy atom. The molecule has 6 nitrogen and oxygen atoms in total. The molecule has 2 heterocycles. The fourth-order valence-electron chi connectivity index (χ4n) is 3.99. The van der Waals surface area contributed by atoms with Gasteiger partial charge >= 0.3 is 0 Å². The van der Waals surface area contributed by atoms with Crippen molar-refractivity contribution in [2.75, 3.05) is 31.1 Å². The number of hydrogen-bond donors (Lipinski definition) is 0. The summed E-state index contributed by atoms with van der Waals surface area (Å²) < 4.78 is 2.00. The van der Waals surface area contributed by atoms with Crippen LogP contribution in [0.15, 0.2) is 18.2 Å². The first-order chi connectivity index (χ1) is 13.0. The van der Waals surface area contributed by atoms with Crippen LogP contribution in [-0.2, 0) is 0 Å². The van der Waals surface area contributed by atoms with Crippen LogP contribution in [0.1, 0.15) is 69.1 Å². The number of tetrazole rings is 1. The molecule has 1 atom stereocenters. The van der Waals surface area contributed by atoms with Crippen molar-refractivity contribution in [1.82, 2.24) is 25.1 Å². The summed E-state index contributed by atoms with van der Waals surface area (Å²) in [7, 11) is 0. The van der Waals surface area contributed by atoms with E-state index in [2.05, 4.69) is 78.1 Å². The molecular weight excluding hydrogens is 336 g/mol. The summed E-state index contributed by atoms with van der Waals surface area (Å²) in [6.45, 7) is 15.1. The highest BCUT2D eigenvalue weighted by Crippen LogP contribution is 2.29. The average molecular weight is 371 g/mol. The molecule has 1 aliphatic rings. The Morgan fingerprint density at radius 3 is 2.48 bits per heavy atom. The smallest absolute Gasteiger partial charge is 0.168 e. The van der Waals surface area contributed by atoms with E-state index in [1.54, 1.807) is 0 Å². The number of hydrogen-bond acceptors (Lipinski definition) is 5. The largest absolute Gasteiger partial charge is 0.369 e. The molecule has 0 radical (unpaired) electrons. The molecule has 3 rings (SSSR count). The summed E-state index contributed by atoms with van der Waals surface area (Å²) in [5.41, 5.74) is 4.07. The third kappa shape index (κ3) is 4.49. The minimum Gasteiger partial charge on any atom is -0.369 e. The minimum absolute atomic E-state index is 0.287. The predicted octanol–water partition coefficient (Wildman–Crippen LogP) is 3.92. The van der Waals surface area contributed by atoms with E-state index in [1.165, 1.54) is 29.7 Å². The topological polar surface area (TPSA) is 50.1 Å². The Kier molecular flexibility index (Phi) is 6.47. The van der Waals surface area contributed by atoms with Gasteiger partial charge in [0.15, 0.2) is 5.82 Å². The Morgan fingerprint density at radius 1 is 1.07 bits per heavy atom. The third-order valence-electron chi connectivity index (χ3n) is 5.60. The van der Waals surface area contributed by atoms with E-state index in [4.69, 9.17) is 0 Å². The maximum atomic E-state index is 4.42. The molecule has 0 saturated carbocycles. The summed E-state index contributed by atoms with van der Waals surface area (Å²) in [5.74, 6) is 1.03. The Balaban J connectivity index is 1.74. The van der Waals surface area contributed by atoms with Gasteiger partial charge in [0.05, 0.1) is 12.1 Å². The van der Waals surface area contributed by atoms with E-state index >= 15 is 0 Å². The molecule has 0 unspecified atom stereocenters. The lowest BCUT2D eigenvalue weighted by Crippen LogP contribution is -2.48. The first kappa shape index (κ1) is 19.8. The van der Waals surface area contributed by atoms with E-state index in [-0.39, 0.29) is 6.04 Å². The van der Waals surface area contributed by atoms with Gasteiger partial charge in [-0.15, -0.1) is 5.10 Å². The van der Waals surface area contributed by atoms with Crippen molar-refractivity contribution in [3.63, 3.8) is 0 Å². The highest BCUT2D eigenvalue weighted by atomic mass is 15.6. The number of piperazine rings is 1. The lowest BCUT2D eigenvalue weighted by molar-refractivity contribution is 0.161. The molecule has 148 valence electrons. The van der Waals surface area contributed by atoms with Crippen molar-refractivity contribution in [2.45, 2.75) is 66.0 Å². The molecule has 0 spiro atoms. The minimum atomic E-state index is 0.287. The Hall–Kier alpha value is -1.95. The summed E-state index contributed by atoms with van der Waals surface area (Å²) in [6.07, 6.45) is 3.52. The molecule has 27 heavy (non-hydrogen) atoms. The zero-order valence-electron chi connectivity index (χ0n) is 17.5. The van der Waals surface area contributed by atoms with Crippen LogP contribution in [0.5, 0.6) is 0 Å². The maximum Gasteiger partial charge on any atom is 0.168 e. The molecule has 0 N–H and O–H groups in total. The molecule has 1 saturated heterocycles. The standard InChI is InChI=1S/C21H34N6/c1-6-7-8-19(21-22-23-24-27(21)16(2)3)25-11-13-26(14-12-25)20-15-17(4)9-10-18(20)5/h9-10,15-16,19H,6-8,11-14H2,1-5H3/t19-/m0/s1. The van der Waals surface area contributed by atoms with Crippen LogP contribution in [0, 0.1) is 13.8 Å². The number of anilines is 1. The Labute approximate surface area is 163 Å². The first-order valence-electron chi connectivity index (χ1n) is 10.3. The van der Waals surface area contributed by atoms with E-state index in [9.17, 15) is 0 Å². The van der Waals surface area contributed by atoms with Crippen molar-refractivity contribution < 1.29 is 0 Å². The van der Waals surface area contributed by atoms with Crippen molar-refractivity contribution in [2.24, 2.45) is 0 Å². The number of unbranched alkanes of at least 4 members (excludes halogenated alkanes) is 1. The molecule has 1 aromatic carbocycles. The Bertz CT molecular complexity index is 730. The SMILES string of the molecule is CCCC[C@@H](c1nnnn1C(C)C)N1CCN(c2cc(C)ccc2C)CC1. The van der Waals surface area contributed by atoms with Gasteiger partial charge in [-0.25, -0.2) is 4.68 Å². The molecule has 0 aliphatic carbocycles. The summed E-state index contributed by atoms with van der Waals surface area (Å²) in [6, 6.07) is 7.34. The average Bonchev–Trinajstić information content (AvgIpc) is 3.14. The third-order valence-corrected chi connectivity index (χ3v) is 5.60. The van der Waals surface area contributed by atoms with Gasteiger partial charge in [0.25, 0.3) is 0 Å². The zero-order valence-corrected chi connectivity index (χ0v) is 17.5. The number of aromatic nitrogens is 4. The van der Waals surface area contributed by atoms with Gasteiger partial charge in [0, 0.05) is 31.9 Å². The van der Waals surface area contributed by atoms with Crippen LogP contribution in [-0.4, -0.2) is 51.3 Å². The van der Waals surface area contributed by atoms with Gasteiger partial charge in [-0.2, -0.15) is 0 Å². The molecule has 1 aromatic heterocycles. The first-order valence-corrected chi connectivity index (χ1v) is 10.3. The van der Waals surface area contributed by atoms with E-state index in [0.717, 1.165) is 38.4 Å². The van der Waals surface area contributed by atoms with Gasteiger partial charge in [-0.3, -0.25) is 4.90 Å². The van der Waals surface area contributed by atoms with Crippen molar-refractivity contribution in [3.05, 3.63) is 35.2 Å². The molecule has 0 bridgehead atoms. The number of rotatable bonds is 7.